The highest BCUT2D eigenvalue weighted by Gasteiger charge is 2.44. The molecule has 1 aromatic rings. The molecule has 3 heterocycles. The van der Waals surface area contributed by atoms with Crippen LogP contribution in [0.5, 0.6) is 0 Å². The van der Waals surface area contributed by atoms with Crippen molar-refractivity contribution in [3.8, 4) is 12.3 Å². The standard InChI is InChI=1S/C27H37NO6S/c1-7-23-28-18(14-35-23)11-16(3)20-12-21-19(33-21)10-8-9-15(2)25(31)17(4)26(32)27(5,6)22(29)13-24(30)34-20/h1,11,14-15,17,19-22,25,29,31H,8-10,12-13H2,2-6H3/b16-11+/t15-,17+,19+,20-,21-,22-,25-/m0/s1. The van der Waals surface area contributed by atoms with E-state index in [9.17, 15) is 19.8 Å². The van der Waals surface area contributed by atoms with Gasteiger partial charge in [-0.05, 0) is 43.3 Å². The number of Topliss-reactive ketones (excluding diaryl/α,β-unsaturated/α-hetero) is 1. The van der Waals surface area contributed by atoms with E-state index in [-0.39, 0.29) is 30.3 Å². The molecule has 2 aliphatic heterocycles. The molecule has 2 fully saturated rings. The van der Waals surface area contributed by atoms with Crippen molar-refractivity contribution in [2.45, 2.75) is 97.2 Å². The van der Waals surface area contributed by atoms with Gasteiger partial charge in [0.2, 0.25) is 0 Å². The second-order valence-electron chi connectivity index (χ2n) is 10.5. The summed E-state index contributed by atoms with van der Waals surface area (Å²) in [5, 5.41) is 24.0. The van der Waals surface area contributed by atoms with Gasteiger partial charge in [-0.1, -0.05) is 34.1 Å². The Morgan fingerprint density at radius 1 is 1.26 bits per heavy atom. The van der Waals surface area contributed by atoms with Crippen molar-refractivity contribution in [1.29, 1.82) is 0 Å². The molecule has 35 heavy (non-hydrogen) atoms. The van der Waals surface area contributed by atoms with Crippen molar-refractivity contribution < 1.29 is 29.3 Å². The first-order valence-electron chi connectivity index (χ1n) is 12.3. The molecule has 2 saturated heterocycles. The summed E-state index contributed by atoms with van der Waals surface area (Å²) in [7, 11) is 0. The zero-order chi connectivity index (χ0) is 25.9. The van der Waals surface area contributed by atoms with Crippen LogP contribution in [0.2, 0.25) is 0 Å². The average molecular weight is 504 g/mol. The van der Waals surface area contributed by atoms with Crippen molar-refractivity contribution in [2.75, 3.05) is 0 Å². The molecule has 1 aromatic heterocycles. The minimum Gasteiger partial charge on any atom is -0.458 e. The number of nitrogens with zero attached hydrogens (tertiary/aromatic N) is 1. The van der Waals surface area contributed by atoms with Crippen molar-refractivity contribution in [3.05, 3.63) is 21.7 Å². The van der Waals surface area contributed by atoms with Crippen LogP contribution in [0.3, 0.4) is 0 Å². The Kier molecular flexibility index (Phi) is 8.92. The molecule has 8 heteroatoms. The van der Waals surface area contributed by atoms with Crippen LogP contribution in [-0.4, -0.2) is 57.5 Å². The van der Waals surface area contributed by atoms with Crippen LogP contribution in [0.15, 0.2) is 11.0 Å². The van der Waals surface area contributed by atoms with Crippen molar-refractivity contribution in [3.63, 3.8) is 0 Å². The molecular weight excluding hydrogens is 466 g/mol. The van der Waals surface area contributed by atoms with E-state index in [0.717, 1.165) is 24.8 Å². The number of aliphatic hydroxyl groups excluding tert-OH is 2. The predicted octanol–water partition coefficient (Wildman–Crippen LogP) is 3.76. The molecule has 0 unspecified atom stereocenters. The fourth-order valence-electron chi connectivity index (χ4n) is 4.75. The second-order valence-corrected chi connectivity index (χ2v) is 11.4. The van der Waals surface area contributed by atoms with Gasteiger partial charge in [-0.3, -0.25) is 9.59 Å². The molecule has 0 aromatic carbocycles. The Bertz CT molecular complexity index is 992. The largest absolute Gasteiger partial charge is 0.458 e. The first-order valence-corrected chi connectivity index (χ1v) is 13.2. The molecule has 7 atom stereocenters. The molecule has 0 spiro atoms. The van der Waals surface area contributed by atoms with Crippen LogP contribution >= 0.6 is 11.3 Å². The number of epoxide rings is 1. The lowest BCUT2D eigenvalue weighted by atomic mass is 9.73. The maximum absolute atomic E-state index is 13.2. The number of terminal acetylenes is 1. The minimum atomic E-state index is -1.24. The summed E-state index contributed by atoms with van der Waals surface area (Å²) in [5.41, 5.74) is 0.288. The summed E-state index contributed by atoms with van der Waals surface area (Å²) in [4.78, 5) is 30.4. The summed E-state index contributed by atoms with van der Waals surface area (Å²) in [6, 6.07) is 0. The van der Waals surface area contributed by atoms with Crippen LogP contribution < -0.4 is 0 Å². The number of hydrogen-bond donors (Lipinski definition) is 2. The first kappa shape index (κ1) is 27.5. The van der Waals surface area contributed by atoms with Gasteiger partial charge in [-0.25, -0.2) is 4.98 Å². The molecule has 192 valence electrons. The van der Waals surface area contributed by atoms with Gasteiger partial charge in [-0.15, -0.1) is 17.8 Å². The highest BCUT2D eigenvalue weighted by atomic mass is 32.1. The van der Waals surface area contributed by atoms with Gasteiger partial charge in [-0.2, -0.15) is 0 Å². The van der Waals surface area contributed by atoms with Gasteiger partial charge in [0.1, 0.15) is 11.9 Å². The van der Waals surface area contributed by atoms with Gasteiger partial charge >= 0.3 is 5.97 Å². The predicted molar refractivity (Wildman–Crippen MR) is 134 cm³/mol. The lowest BCUT2D eigenvalue weighted by molar-refractivity contribution is -0.154. The van der Waals surface area contributed by atoms with E-state index in [1.165, 1.54) is 11.3 Å². The molecule has 3 rings (SSSR count). The van der Waals surface area contributed by atoms with Gasteiger partial charge in [0.15, 0.2) is 5.01 Å². The molecule has 0 amide bonds. The quantitative estimate of drug-likeness (QED) is 0.359. The minimum absolute atomic E-state index is 0.0251. The maximum atomic E-state index is 13.2. The second kappa shape index (κ2) is 11.3. The number of rotatable bonds is 2. The number of carbonyl (C=O) groups excluding carboxylic acids is 2. The number of thiazole rings is 1. The van der Waals surface area contributed by atoms with Crippen LogP contribution in [0.1, 0.15) is 77.4 Å². The molecular formula is C27H37NO6S. The molecule has 0 aliphatic carbocycles. The Labute approximate surface area is 211 Å². The van der Waals surface area contributed by atoms with E-state index in [1.54, 1.807) is 20.8 Å². The number of fused-ring (bicyclic) bond motifs is 1. The Hall–Kier alpha value is -2.05. The van der Waals surface area contributed by atoms with Crippen molar-refractivity contribution in [2.24, 2.45) is 17.3 Å². The van der Waals surface area contributed by atoms with E-state index in [1.807, 2.05) is 25.3 Å². The lowest BCUT2D eigenvalue weighted by Gasteiger charge is -2.34. The van der Waals surface area contributed by atoms with Gasteiger partial charge in [0.25, 0.3) is 0 Å². The summed E-state index contributed by atoms with van der Waals surface area (Å²) < 4.78 is 11.7. The Balaban J connectivity index is 1.82. The van der Waals surface area contributed by atoms with E-state index in [0.29, 0.717) is 17.1 Å². The van der Waals surface area contributed by atoms with E-state index in [2.05, 4.69) is 10.9 Å². The lowest BCUT2D eigenvalue weighted by Crippen LogP contribution is -2.45. The summed E-state index contributed by atoms with van der Waals surface area (Å²) in [6.45, 7) is 8.73. The number of aromatic nitrogens is 1. The number of hydrogen-bond acceptors (Lipinski definition) is 8. The number of aliphatic hydroxyl groups is 2. The smallest absolute Gasteiger partial charge is 0.309 e. The van der Waals surface area contributed by atoms with Gasteiger partial charge in [0, 0.05) is 17.7 Å². The summed E-state index contributed by atoms with van der Waals surface area (Å²) in [6.07, 6.45) is 7.36. The number of ketones is 1. The van der Waals surface area contributed by atoms with E-state index in [4.69, 9.17) is 15.9 Å². The van der Waals surface area contributed by atoms with Crippen LogP contribution in [0.4, 0.5) is 0 Å². The number of ether oxygens (including phenoxy) is 2. The summed E-state index contributed by atoms with van der Waals surface area (Å²) in [5.74, 6) is 0.925. The fraction of sp³-hybridized carbons (Fsp3) is 0.667. The van der Waals surface area contributed by atoms with Gasteiger partial charge in [0.05, 0.1) is 41.9 Å². The molecule has 0 bridgehead atoms. The number of carbonyl (C=O) groups is 2. The first-order chi connectivity index (χ1) is 16.4. The van der Waals surface area contributed by atoms with Gasteiger partial charge < -0.3 is 19.7 Å². The molecule has 0 saturated carbocycles. The zero-order valence-electron chi connectivity index (χ0n) is 21.2. The Morgan fingerprint density at radius 2 is 1.97 bits per heavy atom. The number of esters is 1. The van der Waals surface area contributed by atoms with Crippen LogP contribution in [0, 0.1) is 29.6 Å². The normalized spacial score (nSPS) is 35.0. The van der Waals surface area contributed by atoms with Crippen molar-refractivity contribution >= 4 is 29.2 Å². The summed E-state index contributed by atoms with van der Waals surface area (Å²) >= 11 is 1.37. The molecule has 2 N–H and O–H groups in total. The molecule has 7 nitrogen and oxygen atoms in total. The third kappa shape index (κ3) is 6.79. The SMILES string of the molecule is C#Cc1nc(/C=C(\C)[C@@H]2C[C@@H]3O[C@@H]3CCC[C@H](C)[C@H](O)[C@@H](C)C(=O)C(C)(C)[C@@H](O)CC(=O)O2)cs1. The third-order valence-electron chi connectivity index (χ3n) is 7.42. The van der Waals surface area contributed by atoms with E-state index >= 15 is 0 Å². The van der Waals surface area contributed by atoms with Crippen molar-refractivity contribution in [1.82, 2.24) is 4.98 Å². The Morgan fingerprint density at radius 3 is 2.63 bits per heavy atom. The third-order valence-corrected chi connectivity index (χ3v) is 8.21. The van der Waals surface area contributed by atoms with Crippen LogP contribution in [0.25, 0.3) is 6.08 Å². The topological polar surface area (TPSA) is 109 Å². The maximum Gasteiger partial charge on any atom is 0.309 e. The fourth-order valence-corrected chi connectivity index (χ4v) is 5.33. The monoisotopic (exact) mass is 503 g/mol. The molecule has 0 radical (unpaired) electrons. The van der Waals surface area contributed by atoms with E-state index < -0.39 is 35.6 Å². The average Bonchev–Trinajstić information content (AvgIpc) is 3.38. The highest BCUT2D eigenvalue weighted by molar-refractivity contribution is 7.10. The zero-order valence-corrected chi connectivity index (χ0v) is 22.0. The molecule has 2 aliphatic rings. The number of cyclic esters (lactones) is 1. The highest BCUT2D eigenvalue weighted by Crippen LogP contribution is 2.36. The van der Waals surface area contributed by atoms with Crippen LogP contribution in [-0.2, 0) is 19.1 Å².